The third-order valence-electron chi connectivity index (χ3n) is 9.72. The van der Waals surface area contributed by atoms with E-state index in [-0.39, 0.29) is 29.5 Å². The summed E-state index contributed by atoms with van der Waals surface area (Å²) in [6.07, 6.45) is 4.60. The molecule has 4 aromatic carbocycles. The van der Waals surface area contributed by atoms with Gasteiger partial charge in [-0.15, -0.1) is 0 Å². The predicted molar refractivity (Wildman–Crippen MR) is 196 cm³/mol. The van der Waals surface area contributed by atoms with Crippen molar-refractivity contribution < 1.29 is 32.9 Å². The maximum absolute atomic E-state index is 14.1. The SMILES string of the molecule is CC1(C)O[C@@H]2[C@H](O1)[C@@H](C=CCNC(=O)c1cc(-c3ccc(F)cc3)cc3c1OC(c1ccccc1)(c1ccccc1)O3)O[C@H]2n1cnc2c(N)ncnc21. The summed E-state index contributed by atoms with van der Waals surface area (Å²) in [5.41, 5.74) is 10.1. The van der Waals surface area contributed by atoms with E-state index in [4.69, 9.17) is 29.4 Å². The van der Waals surface area contributed by atoms with Crippen LogP contribution in [-0.4, -0.2) is 56.1 Å². The van der Waals surface area contributed by atoms with Gasteiger partial charge in [-0.2, -0.15) is 0 Å². The van der Waals surface area contributed by atoms with E-state index < -0.39 is 42.0 Å². The minimum atomic E-state index is -1.36. The Labute approximate surface area is 309 Å². The number of ether oxygens (including phenoxy) is 5. The van der Waals surface area contributed by atoms with Gasteiger partial charge in [0.1, 0.15) is 36.0 Å². The average Bonchev–Trinajstić information content (AvgIpc) is 3.95. The molecule has 54 heavy (non-hydrogen) atoms. The van der Waals surface area contributed by atoms with Gasteiger partial charge in [0.25, 0.3) is 5.91 Å². The highest BCUT2D eigenvalue weighted by atomic mass is 19.1. The number of nitrogens with zero attached hydrogens (tertiary/aromatic N) is 4. The molecule has 2 saturated heterocycles. The second kappa shape index (κ2) is 13.1. The van der Waals surface area contributed by atoms with Gasteiger partial charge in [0.05, 0.1) is 11.9 Å². The van der Waals surface area contributed by atoms with Gasteiger partial charge in [-0.25, -0.2) is 19.3 Å². The number of benzene rings is 4. The number of nitrogens with one attached hydrogen (secondary N) is 1. The average molecular weight is 727 g/mol. The Morgan fingerprint density at radius 3 is 2.31 bits per heavy atom. The van der Waals surface area contributed by atoms with Gasteiger partial charge < -0.3 is 34.7 Å². The van der Waals surface area contributed by atoms with Crippen molar-refractivity contribution in [2.45, 2.75) is 50.0 Å². The van der Waals surface area contributed by atoms with Crippen molar-refractivity contribution in [3.63, 3.8) is 0 Å². The van der Waals surface area contributed by atoms with Crippen molar-refractivity contribution >= 4 is 22.9 Å². The van der Waals surface area contributed by atoms with Crippen LogP contribution >= 0.6 is 0 Å². The molecule has 3 aliphatic heterocycles. The third kappa shape index (κ3) is 5.82. The molecule has 0 aliphatic carbocycles. The molecule has 272 valence electrons. The molecule has 12 nitrogen and oxygen atoms in total. The maximum atomic E-state index is 14.1. The molecular formula is C41H35FN6O6. The number of nitrogen functional groups attached to an aromatic ring is 1. The zero-order chi connectivity index (χ0) is 37.0. The number of hydrogen-bond acceptors (Lipinski definition) is 10. The summed E-state index contributed by atoms with van der Waals surface area (Å²) >= 11 is 0. The van der Waals surface area contributed by atoms with Gasteiger partial charge >= 0.3 is 5.79 Å². The van der Waals surface area contributed by atoms with Crippen molar-refractivity contribution in [1.29, 1.82) is 0 Å². The summed E-state index contributed by atoms with van der Waals surface area (Å²) in [5, 5.41) is 3.00. The molecule has 0 unspecified atom stereocenters. The molecule has 13 heteroatoms. The van der Waals surface area contributed by atoms with E-state index in [2.05, 4.69) is 20.3 Å². The number of anilines is 1. The number of hydrogen-bond donors (Lipinski definition) is 2. The van der Waals surface area contributed by atoms with Gasteiger partial charge in [-0.3, -0.25) is 9.36 Å². The van der Waals surface area contributed by atoms with E-state index in [0.29, 0.717) is 28.0 Å². The summed E-state index contributed by atoms with van der Waals surface area (Å²) in [7, 11) is 0. The Morgan fingerprint density at radius 2 is 1.59 bits per heavy atom. The Morgan fingerprint density at radius 1 is 0.889 bits per heavy atom. The van der Waals surface area contributed by atoms with E-state index in [1.54, 1.807) is 29.1 Å². The number of amides is 1. The van der Waals surface area contributed by atoms with Crippen LogP contribution in [0.5, 0.6) is 11.5 Å². The largest absolute Gasteiger partial charge is 0.440 e. The first-order valence-corrected chi connectivity index (χ1v) is 17.5. The highest BCUT2D eigenvalue weighted by Gasteiger charge is 2.55. The van der Waals surface area contributed by atoms with Crippen LogP contribution < -0.4 is 20.5 Å². The molecule has 1 amide bonds. The molecule has 0 spiro atoms. The Bertz CT molecular complexity index is 2350. The molecule has 0 saturated carbocycles. The highest BCUT2D eigenvalue weighted by molar-refractivity contribution is 5.99. The second-order valence-corrected chi connectivity index (χ2v) is 13.7. The molecule has 9 rings (SSSR count). The maximum Gasteiger partial charge on any atom is 0.305 e. The highest BCUT2D eigenvalue weighted by Crippen LogP contribution is 2.51. The van der Waals surface area contributed by atoms with Gasteiger partial charge in [-0.1, -0.05) is 84.9 Å². The zero-order valence-electron chi connectivity index (χ0n) is 29.3. The van der Waals surface area contributed by atoms with Crippen LogP contribution in [0.2, 0.25) is 0 Å². The third-order valence-corrected chi connectivity index (χ3v) is 9.72. The first kappa shape index (κ1) is 33.7. The number of carbonyl (C=O) groups excluding carboxylic acids is 1. The molecular weight excluding hydrogens is 691 g/mol. The molecule has 3 aliphatic rings. The van der Waals surface area contributed by atoms with Gasteiger partial charge in [-0.05, 0) is 49.2 Å². The molecule has 4 atom stereocenters. The van der Waals surface area contributed by atoms with Crippen molar-refractivity contribution in [3.05, 3.63) is 144 Å². The van der Waals surface area contributed by atoms with Crippen LogP contribution in [0.1, 0.15) is 41.6 Å². The van der Waals surface area contributed by atoms with E-state index in [1.165, 1.54) is 18.5 Å². The molecule has 2 aromatic heterocycles. The number of nitrogens with two attached hydrogens (primary N) is 1. The fourth-order valence-electron chi connectivity index (χ4n) is 7.29. The molecule has 5 heterocycles. The number of halogens is 1. The van der Waals surface area contributed by atoms with Gasteiger partial charge in [0.15, 0.2) is 35.0 Å². The molecule has 0 radical (unpaired) electrons. The number of carbonyl (C=O) groups is 1. The van der Waals surface area contributed by atoms with Gasteiger partial charge in [0, 0.05) is 17.7 Å². The van der Waals surface area contributed by atoms with Crippen LogP contribution in [0.25, 0.3) is 22.3 Å². The Hall–Kier alpha value is -6.15. The monoisotopic (exact) mass is 726 g/mol. The molecule has 6 aromatic rings. The summed E-state index contributed by atoms with van der Waals surface area (Å²) in [4.78, 5) is 26.9. The topological polar surface area (TPSA) is 145 Å². The first-order chi connectivity index (χ1) is 26.2. The normalized spacial score (nSPS) is 22.1. The number of fused-ring (bicyclic) bond motifs is 3. The minimum Gasteiger partial charge on any atom is -0.440 e. The molecule has 2 fully saturated rings. The van der Waals surface area contributed by atoms with E-state index >= 15 is 0 Å². The smallest absolute Gasteiger partial charge is 0.305 e. The standard InChI is InChI=1S/C41H35FN6O6/c1-40(2)52-34-30(50-39(35(34)53-40)48-23-47-32-36(43)45-22-46-37(32)48)14-9-19-44-38(49)29-20-25(24-15-17-28(42)18-16-24)21-31-33(29)54-41(51-31,26-10-5-3-6-11-26)27-12-7-4-8-13-27/h3-18,20-23,30,34-35,39H,19H2,1-2H3,(H,44,49)(H2,43,45,46)/t30-,34-,35-,39-/m1/s1. The van der Waals surface area contributed by atoms with Crippen LogP contribution in [0.3, 0.4) is 0 Å². The lowest BCUT2D eigenvalue weighted by Crippen LogP contribution is -2.37. The van der Waals surface area contributed by atoms with Crippen LogP contribution in [-0.2, 0) is 20.0 Å². The summed E-state index contributed by atoms with van der Waals surface area (Å²) in [6.45, 7) is 3.86. The Kier molecular flexibility index (Phi) is 8.14. The predicted octanol–water partition coefficient (Wildman–Crippen LogP) is 6.29. The lowest BCUT2D eigenvalue weighted by molar-refractivity contribution is -0.191. The van der Waals surface area contributed by atoms with Crippen molar-refractivity contribution in [3.8, 4) is 22.6 Å². The van der Waals surface area contributed by atoms with Crippen LogP contribution in [0.4, 0.5) is 10.2 Å². The fourth-order valence-corrected chi connectivity index (χ4v) is 7.29. The van der Waals surface area contributed by atoms with E-state index in [0.717, 1.165) is 11.1 Å². The fraction of sp³-hybridized carbons (Fsp3) is 0.220. The summed E-state index contributed by atoms with van der Waals surface area (Å²) in [5.74, 6) is -2.04. The molecule has 3 N–H and O–H groups in total. The lowest BCUT2D eigenvalue weighted by atomic mass is 9.97. The van der Waals surface area contributed by atoms with Crippen molar-refractivity contribution in [2.75, 3.05) is 12.3 Å². The first-order valence-electron chi connectivity index (χ1n) is 17.5. The van der Waals surface area contributed by atoms with E-state index in [9.17, 15) is 9.18 Å². The van der Waals surface area contributed by atoms with Crippen LogP contribution in [0, 0.1) is 5.82 Å². The van der Waals surface area contributed by atoms with Gasteiger partial charge in [0.2, 0.25) is 0 Å². The number of aromatic nitrogens is 4. The van der Waals surface area contributed by atoms with Crippen LogP contribution in [0.15, 0.2) is 122 Å². The number of rotatable bonds is 8. The quantitative estimate of drug-likeness (QED) is 0.172. The summed E-state index contributed by atoms with van der Waals surface area (Å²) < 4.78 is 48.1. The number of imidazole rings is 1. The van der Waals surface area contributed by atoms with Crippen molar-refractivity contribution in [2.24, 2.45) is 0 Å². The lowest BCUT2D eigenvalue weighted by Gasteiger charge is -2.28. The second-order valence-electron chi connectivity index (χ2n) is 13.7. The van der Waals surface area contributed by atoms with Crippen molar-refractivity contribution in [1.82, 2.24) is 24.8 Å². The molecule has 0 bridgehead atoms. The Balaban J connectivity index is 0.999. The minimum absolute atomic E-state index is 0.154. The zero-order valence-corrected chi connectivity index (χ0v) is 29.3. The summed E-state index contributed by atoms with van der Waals surface area (Å²) in [6, 6.07) is 28.7. The van der Waals surface area contributed by atoms with E-state index in [1.807, 2.05) is 92.7 Å².